The second kappa shape index (κ2) is 5.46. The Morgan fingerprint density at radius 2 is 2.00 bits per heavy atom. The SMILES string of the molecule is COCCC(C)(N)Cc1ccc2ccccc2n1. The molecule has 0 radical (unpaired) electrons. The molecule has 1 aromatic carbocycles. The van der Waals surface area contributed by atoms with Crippen molar-refractivity contribution in [2.75, 3.05) is 13.7 Å². The minimum atomic E-state index is -0.272. The molecule has 2 N–H and O–H groups in total. The van der Waals surface area contributed by atoms with Gasteiger partial charge in [0, 0.05) is 36.8 Å². The third-order valence-corrected chi connectivity index (χ3v) is 3.12. The molecular weight excluding hydrogens is 224 g/mol. The highest BCUT2D eigenvalue weighted by molar-refractivity contribution is 5.78. The largest absolute Gasteiger partial charge is 0.385 e. The van der Waals surface area contributed by atoms with Crippen LogP contribution in [0.15, 0.2) is 36.4 Å². The van der Waals surface area contributed by atoms with Gasteiger partial charge in [-0.3, -0.25) is 4.98 Å². The van der Waals surface area contributed by atoms with Crippen LogP contribution < -0.4 is 5.73 Å². The van der Waals surface area contributed by atoms with Crippen LogP contribution in [0.5, 0.6) is 0 Å². The standard InChI is InChI=1S/C15H20N2O/c1-15(16,9-10-18-2)11-13-8-7-12-5-3-4-6-14(12)17-13/h3-8H,9-11,16H2,1-2H3. The molecule has 3 nitrogen and oxygen atoms in total. The van der Waals surface area contributed by atoms with Gasteiger partial charge in [-0.1, -0.05) is 24.3 Å². The fourth-order valence-corrected chi connectivity index (χ4v) is 2.04. The maximum Gasteiger partial charge on any atom is 0.0705 e. The van der Waals surface area contributed by atoms with Crippen LogP contribution in [0.4, 0.5) is 0 Å². The number of benzene rings is 1. The summed E-state index contributed by atoms with van der Waals surface area (Å²) in [5.74, 6) is 0. The quantitative estimate of drug-likeness (QED) is 0.879. The van der Waals surface area contributed by atoms with Crippen LogP contribution in [0.25, 0.3) is 10.9 Å². The summed E-state index contributed by atoms with van der Waals surface area (Å²) in [6.45, 7) is 2.73. The van der Waals surface area contributed by atoms with Gasteiger partial charge in [-0.2, -0.15) is 0 Å². The predicted octanol–water partition coefficient (Wildman–Crippen LogP) is 2.53. The summed E-state index contributed by atoms with van der Waals surface area (Å²) < 4.78 is 5.09. The van der Waals surface area contributed by atoms with Gasteiger partial charge in [0.2, 0.25) is 0 Å². The summed E-state index contributed by atoms with van der Waals surface area (Å²) in [7, 11) is 1.70. The molecule has 0 aliphatic heterocycles. The van der Waals surface area contributed by atoms with E-state index in [1.807, 2.05) is 25.1 Å². The molecule has 1 aromatic heterocycles. The second-order valence-electron chi connectivity index (χ2n) is 5.07. The number of fused-ring (bicyclic) bond motifs is 1. The van der Waals surface area contributed by atoms with Crippen molar-refractivity contribution in [1.29, 1.82) is 0 Å². The third-order valence-electron chi connectivity index (χ3n) is 3.12. The summed E-state index contributed by atoms with van der Waals surface area (Å²) in [4.78, 5) is 4.65. The highest BCUT2D eigenvalue weighted by Crippen LogP contribution is 2.17. The first kappa shape index (κ1) is 13.0. The number of hydrogen-bond donors (Lipinski definition) is 1. The molecule has 0 spiro atoms. The summed E-state index contributed by atoms with van der Waals surface area (Å²) >= 11 is 0. The van der Waals surface area contributed by atoms with Gasteiger partial charge in [0.05, 0.1) is 5.52 Å². The van der Waals surface area contributed by atoms with Crippen LogP contribution >= 0.6 is 0 Å². The molecule has 2 rings (SSSR count). The average Bonchev–Trinajstić information content (AvgIpc) is 2.36. The minimum absolute atomic E-state index is 0.272. The Morgan fingerprint density at radius 1 is 1.22 bits per heavy atom. The molecule has 0 aliphatic carbocycles. The first-order valence-corrected chi connectivity index (χ1v) is 6.23. The number of nitrogens with zero attached hydrogens (tertiary/aromatic N) is 1. The van der Waals surface area contributed by atoms with E-state index in [9.17, 15) is 0 Å². The van der Waals surface area contributed by atoms with E-state index >= 15 is 0 Å². The molecule has 0 saturated heterocycles. The Kier molecular flexibility index (Phi) is 3.94. The van der Waals surface area contributed by atoms with Gasteiger partial charge in [0.1, 0.15) is 0 Å². The molecule has 0 fully saturated rings. The number of rotatable bonds is 5. The van der Waals surface area contributed by atoms with Gasteiger partial charge in [-0.15, -0.1) is 0 Å². The highest BCUT2D eigenvalue weighted by atomic mass is 16.5. The summed E-state index contributed by atoms with van der Waals surface area (Å²) in [6, 6.07) is 12.3. The fraction of sp³-hybridized carbons (Fsp3) is 0.400. The molecule has 0 aliphatic rings. The van der Waals surface area contributed by atoms with Gasteiger partial charge in [0.25, 0.3) is 0 Å². The Bertz CT molecular complexity index is 523. The number of pyridine rings is 1. The van der Waals surface area contributed by atoms with E-state index in [4.69, 9.17) is 10.5 Å². The molecule has 2 aromatic rings. The second-order valence-corrected chi connectivity index (χ2v) is 5.07. The van der Waals surface area contributed by atoms with Crippen molar-refractivity contribution in [3.05, 3.63) is 42.1 Å². The maximum absolute atomic E-state index is 6.26. The topological polar surface area (TPSA) is 48.1 Å². The van der Waals surface area contributed by atoms with Crippen LogP contribution in [0.1, 0.15) is 19.0 Å². The lowest BCUT2D eigenvalue weighted by Gasteiger charge is -2.23. The normalized spacial score (nSPS) is 14.6. The predicted molar refractivity (Wildman–Crippen MR) is 74.5 cm³/mol. The van der Waals surface area contributed by atoms with Crippen molar-refractivity contribution in [1.82, 2.24) is 4.98 Å². The van der Waals surface area contributed by atoms with Crippen LogP contribution in [0.3, 0.4) is 0 Å². The number of aromatic nitrogens is 1. The fourth-order valence-electron chi connectivity index (χ4n) is 2.04. The molecule has 3 heteroatoms. The lowest BCUT2D eigenvalue weighted by Crippen LogP contribution is -2.39. The van der Waals surface area contributed by atoms with E-state index in [2.05, 4.69) is 23.2 Å². The monoisotopic (exact) mass is 244 g/mol. The van der Waals surface area contributed by atoms with Crippen molar-refractivity contribution in [2.45, 2.75) is 25.3 Å². The molecular formula is C15H20N2O. The number of nitrogens with two attached hydrogens (primary N) is 1. The van der Waals surface area contributed by atoms with Crippen LogP contribution in [0, 0.1) is 0 Å². The van der Waals surface area contributed by atoms with E-state index in [-0.39, 0.29) is 5.54 Å². The maximum atomic E-state index is 6.26. The minimum Gasteiger partial charge on any atom is -0.385 e. The molecule has 96 valence electrons. The first-order chi connectivity index (χ1) is 8.61. The zero-order chi connectivity index (χ0) is 13.0. The van der Waals surface area contributed by atoms with Gasteiger partial charge < -0.3 is 10.5 Å². The zero-order valence-electron chi connectivity index (χ0n) is 11.0. The number of para-hydroxylation sites is 1. The molecule has 0 amide bonds. The summed E-state index contributed by atoms with van der Waals surface area (Å²) in [5, 5.41) is 1.16. The lowest BCUT2D eigenvalue weighted by atomic mass is 9.93. The van der Waals surface area contributed by atoms with E-state index < -0.39 is 0 Å². The Hall–Kier alpha value is -1.45. The van der Waals surface area contributed by atoms with Gasteiger partial charge in [0.15, 0.2) is 0 Å². The van der Waals surface area contributed by atoms with Crippen molar-refractivity contribution < 1.29 is 4.74 Å². The van der Waals surface area contributed by atoms with Crippen molar-refractivity contribution in [3.63, 3.8) is 0 Å². The molecule has 1 atom stereocenters. The van der Waals surface area contributed by atoms with E-state index in [0.717, 1.165) is 29.4 Å². The van der Waals surface area contributed by atoms with E-state index in [0.29, 0.717) is 6.61 Å². The molecule has 18 heavy (non-hydrogen) atoms. The number of hydrogen-bond acceptors (Lipinski definition) is 3. The van der Waals surface area contributed by atoms with Crippen LogP contribution in [-0.2, 0) is 11.2 Å². The Labute approximate surface area is 108 Å². The highest BCUT2D eigenvalue weighted by Gasteiger charge is 2.19. The van der Waals surface area contributed by atoms with Crippen molar-refractivity contribution in [2.24, 2.45) is 5.73 Å². The lowest BCUT2D eigenvalue weighted by molar-refractivity contribution is 0.171. The molecule has 1 unspecified atom stereocenters. The van der Waals surface area contributed by atoms with E-state index in [1.165, 1.54) is 0 Å². The number of ether oxygens (including phenoxy) is 1. The Morgan fingerprint density at radius 3 is 2.78 bits per heavy atom. The third kappa shape index (κ3) is 3.28. The zero-order valence-corrected chi connectivity index (χ0v) is 11.0. The first-order valence-electron chi connectivity index (χ1n) is 6.23. The summed E-state index contributed by atoms with van der Waals surface area (Å²) in [6.07, 6.45) is 1.60. The summed E-state index contributed by atoms with van der Waals surface area (Å²) in [5.41, 5.74) is 8.05. The van der Waals surface area contributed by atoms with Crippen LogP contribution in [-0.4, -0.2) is 24.2 Å². The molecule has 0 bridgehead atoms. The Balaban J connectivity index is 2.16. The molecule has 1 heterocycles. The van der Waals surface area contributed by atoms with Gasteiger partial charge in [-0.05, 0) is 25.5 Å². The average molecular weight is 244 g/mol. The van der Waals surface area contributed by atoms with E-state index in [1.54, 1.807) is 7.11 Å². The molecule has 0 saturated carbocycles. The van der Waals surface area contributed by atoms with Gasteiger partial charge in [-0.25, -0.2) is 0 Å². The van der Waals surface area contributed by atoms with Crippen LogP contribution in [0.2, 0.25) is 0 Å². The van der Waals surface area contributed by atoms with Gasteiger partial charge >= 0.3 is 0 Å². The number of methoxy groups -OCH3 is 1. The van der Waals surface area contributed by atoms with Crippen molar-refractivity contribution in [3.8, 4) is 0 Å². The van der Waals surface area contributed by atoms with Crippen molar-refractivity contribution >= 4 is 10.9 Å². The smallest absolute Gasteiger partial charge is 0.0705 e.